The number of nitrogens with one attached hydrogen (secondary N) is 1. The van der Waals surface area contributed by atoms with Crippen LogP contribution in [-0.2, 0) is 0 Å². The number of para-hydroxylation sites is 1. The molecule has 17 heavy (non-hydrogen) atoms. The second-order valence-corrected chi connectivity index (χ2v) is 4.22. The molecule has 0 aromatic heterocycles. The Morgan fingerprint density at radius 2 is 1.76 bits per heavy atom. The van der Waals surface area contributed by atoms with Crippen LogP contribution in [0.5, 0.6) is 0 Å². The summed E-state index contributed by atoms with van der Waals surface area (Å²) in [5.41, 5.74) is 6.51. The molecule has 0 aliphatic carbocycles. The largest absolute Gasteiger partial charge is 0.370 e. The third kappa shape index (κ3) is 3.38. The van der Waals surface area contributed by atoms with E-state index in [4.69, 9.17) is 22.7 Å². The number of hydrogen-bond acceptors (Lipinski definition) is 2. The van der Waals surface area contributed by atoms with E-state index in [2.05, 4.69) is 4.90 Å². The molecular formula is C11H16ClIN4. The van der Waals surface area contributed by atoms with Gasteiger partial charge in [-0.25, -0.2) is 0 Å². The number of rotatable bonds is 1. The summed E-state index contributed by atoms with van der Waals surface area (Å²) in [5, 5.41) is 8.14. The molecule has 0 atom stereocenters. The first-order valence-corrected chi connectivity index (χ1v) is 5.65. The molecule has 1 aromatic rings. The Bertz CT molecular complexity index is 391. The molecule has 94 valence electrons. The number of piperazine rings is 1. The van der Waals surface area contributed by atoms with Crippen LogP contribution >= 0.6 is 35.6 Å². The van der Waals surface area contributed by atoms with Gasteiger partial charge in [-0.2, -0.15) is 0 Å². The second-order valence-electron chi connectivity index (χ2n) is 3.81. The Hall–Kier alpha value is -0.690. The number of nitrogens with zero attached hydrogens (tertiary/aromatic N) is 2. The molecule has 1 aliphatic heterocycles. The molecule has 4 nitrogen and oxygen atoms in total. The van der Waals surface area contributed by atoms with Gasteiger partial charge in [-0.3, -0.25) is 5.41 Å². The summed E-state index contributed by atoms with van der Waals surface area (Å²) < 4.78 is 0. The van der Waals surface area contributed by atoms with Crippen molar-refractivity contribution < 1.29 is 0 Å². The zero-order valence-corrected chi connectivity index (χ0v) is 12.5. The topological polar surface area (TPSA) is 56.4 Å². The lowest BCUT2D eigenvalue weighted by Crippen LogP contribution is -2.50. The predicted molar refractivity (Wildman–Crippen MR) is 82.6 cm³/mol. The fourth-order valence-electron chi connectivity index (χ4n) is 1.90. The summed E-state index contributed by atoms with van der Waals surface area (Å²) in [6, 6.07) is 7.83. The smallest absolute Gasteiger partial charge is 0.188 e. The standard InChI is InChI=1S/C11H15ClN4.HI/c12-9-3-1-2-4-10(9)15-5-7-16(8-6-15)11(13)14;/h1-4H,5-8H2,(H3,13,14);1H. The van der Waals surface area contributed by atoms with Gasteiger partial charge in [0.1, 0.15) is 0 Å². The summed E-state index contributed by atoms with van der Waals surface area (Å²) in [6.45, 7) is 3.26. The highest BCUT2D eigenvalue weighted by molar-refractivity contribution is 14.0. The van der Waals surface area contributed by atoms with Gasteiger partial charge in [0, 0.05) is 26.2 Å². The second kappa shape index (κ2) is 6.30. The molecule has 6 heteroatoms. The Balaban J connectivity index is 0.00000144. The van der Waals surface area contributed by atoms with Crippen molar-refractivity contribution in [2.45, 2.75) is 0 Å². The highest BCUT2D eigenvalue weighted by atomic mass is 127. The van der Waals surface area contributed by atoms with Crippen LogP contribution in [0.2, 0.25) is 5.02 Å². The van der Waals surface area contributed by atoms with E-state index in [-0.39, 0.29) is 29.9 Å². The monoisotopic (exact) mass is 366 g/mol. The van der Waals surface area contributed by atoms with E-state index in [9.17, 15) is 0 Å². The Morgan fingerprint density at radius 1 is 1.18 bits per heavy atom. The molecule has 0 bridgehead atoms. The third-order valence-corrected chi connectivity index (χ3v) is 3.13. The van der Waals surface area contributed by atoms with Gasteiger partial charge >= 0.3 is 0 Å². The molecule has 1 aromatic carbocycles. The highest BCUT2D eigenvalue weighted by Crippen LogP contribution is 2.25. The SMILES string of the molecule is I.N=C(N)N1CCN(c2ccccc2Cl)CC1. The molecule has 0 unspecified atom stereocenters. The van der Waals surface area contributed by atoms with E-state index < -0.39 is 0 Å². The lowest BCUT2D eigenvalue weighted by molar-refractivity contribution is 0.380. The van der Waals surface area contributed by atoms with Crippen LogP contribution in [0, 0.1) is 5.41 Å². The van der Waals surface area contributed by atoms with E-state index in [1.165, 1.54) is 0 Å². The molecule has 0 saturated carbocycles. The number of guanidine groups is 1. The van der Waals surface area contributed by atoms with Crippen LogP contribution in [0.25, 0.3) is 0 Å². The number of benzene rings is 1. The molecular weight excluding hydrogens is 351 g/mol. The molecule has 0 spiro atoms. The van der Waals surface area contributed by atoms with Gasteiger partial charge in [-0.15, -0.1) is 24.0 Å². The molecule has 2 rings (SSSR count). The van der Waals surface area contributed by atoms with E-state index >= 15 is 0 Å². The number of halogens is 2. The van der Waals surface area contributed by atoms with E-state index in [0.717, 1.165) is 36.9 Å². The van der Waals surface area contributed by atoms with E-state index in [1.807, 2.05) is 29.2 Å². The molecule has 1 saturated heterocycles. The van der Waals surface area contributed by atoms with Crippen molar-refractivity contribution in [2.75, 3.05) is 31.1 Å². The summed E-state index contributed by atoms with van der Waals surface area (Å²) in [4.78, 5) is 4.09. The van der Waals surface area contributed by atoms with Gasteiger partial charge in [-0.05, 0) is 12.1 Å². The molecule has 0 amide bonds. The number of hydrogen-bond donors (Lipinski definition) is 2. The van der Waals surface area contributed by atoms with Crippen LogP contribution in [0.3, 0.4) is 0 Å². The highest BCUT2D eigenvalue weighted by Gasteiger charge is 2.18. The molecule has 0 radical (unpaired) electrons. The Morgan fingerprint density at radius 3 is 2.29 bits per heavy atom. The Kier molecular flexibility index (Phi) is 5.32. The van der Waals surface area contributed by atoms with E-state index in [0.29, 0.717) is 0 Å². The minimum atomic E-state index is 0. The first-order valence-electron chi connectivity index (χ1n) is 5.27. The number of anilines is 1. The summed E-state index contributed by atoms with van der Waals surface area (Å²) in [5.74, 6) is 0.152. The zero-order chi connectivity index (χ0) is 11.5. The van der Waals surface area contributed by atoms with Crippen molar-refractivity contribution in [2.24, 2.45) is 5.73 Å². The van der Waals surface area contributed by atoms with Crippen molar-refractivity contribution in [3.05, 3.63) is 29.3 Å². The van der Waals surface area contributed by atoms with Crippen molar-refractivity contribution in [1.82, 2.24) is 4.90 Å². The average Bonchev–Trinajstić information content (AvgIpc) is 2.30. The first-order chi connectivity index (χ1) is 7.68. The lowest BCUT2D eigenvalue weighted by Gasteiger charge is -2.36. The van der Waals surface area contributed by atoms with Crippen molar-refractivity contribution in [1.29, 1.82) is 5.41 Å². The summed E-state index contributed by atoms with van der Waals surface area (Å²) in [7, 11) is 0. The first kappa shape index (κ1) is 14.4. The maximum absolute atomic E-state index is 7.36. The van der Waals surface area contributed by atoms with E-state index in [1.54, 1.807) is 0 Å². The zero-order valence-electron chi connectivity index (χ0n) is 9.40. The fraction of sp³-hybridized carbons (Fsp3) is 0.364. The van der Waals surface area contributed by atoms with Gasteiger partial charge in [0.25, 0.3) is 0 Å². The molecule has 1 fully saturated rings. The van der Waals surface area contributed by atoms with Crippen molar-refractivity contribution in [3.63, 3.8) is 0 Å². The minimum absolute atomic E-state index is 0. The Labute approximate surface area is 123 Å². The predicted octanol–water partition coefficient (Wildman–Crippen LogP) is 1.97. The fourth-order valence-corrected chi connectivity index (χ4v) is 2.15. The van der Waals surface area contributed by atoms with Crippen LogP contribution in [0.1, 0.15) is 0 Å². The van der Waals surface area contributed by atoms with Gasteiger partial charge in [-0.1, -0.05) is 23.7 Å². The molecule has 1 heterocycles. The molecule has 1 aliphatic rings. The van der Waals surface area contributed by atoms with Gasteiger partial charge in [0.15, 0.2) is 5.96 Å². The van der Waals surface area contributed by atoms with Crippen LogP contribution in [0.15, 0.2) is 24.3 Å². The van der Waals surface area contributed by atoms with Crippen molar-refractivity contribution >= 4 is 47.2 Å². The maximum atomic E-state index is 7.36. The maximum Gasteiger partial charge on any atom is 0.188 e. The number of nitrogens with two attached hydrogens (primary N) is 1. The summed E-state index contributed by atoms with van der Waals surface area (Å²) in [6.07, 6.45) is 0. The minimum Gasteiger partial charge on any atom is -0.370 e. The van der Waals surface area contributed by atoms with Gasteiger partial charge < -0.3 is 15.5 Å². The van der Waals surface area contributed by atoms with Gasteiger partial charge in [0.2, 0.25) is 0 Å². The van der Waals surface area contributed by atoms with Crippen molar-refractivity contribution in [3.8, 4) is 0 Å². The van der Waals surface area contributed by atoms with Crippen LogP contribution in [-0.4, -0.2) is 37.0 Å². The third-order valence-electron chi connectivity index (χ3n) is 2.81. The van der Waals surface area contributed by atoms with Gasteiger partial charge in [0.05, 0.1) is 10.7 Å². The van der Waals surface area contributed by atoms with Crippen LogP contribution in [0.4, 0.5) is 5.69 Å². The normalized spacial score (nSPS) is 15.4. The average molecular weight is 367 g/mol. The van der Waals surface area contributed by atoms with Crippen LogP contribution < -0.4 is 10.6 Å². The molecule has 3 N–H and O–H groups in total. The lowest BCUT2D eigenvalue weighted by atomic mass is 10.2. The quantitative estimate of drug-likeness (QED) is 0.454. The summed E-state index contributed by atoms with van der Waals surface area (Å²) >= 11 is 6.13.